The normalized spacial score (nSPS) is 10.4. The second-order valence-electron chi connectivity index (χ2n) is 3.42. The van der Waals surface area contributed by atoms with Crippen LogP contribution in [0.1, 0.15) is 16.2 Å². The van der Waals surface area contributed by atoms with Gasteiger partial charge in [-0.1, -0.05) is 16.9 Å². The van der Waals surface area contributed by atoms with Crippen LogP contribution in [0.2, 0.25) is 0 Å². The van der Waals surface area contributed by atoms with Crippen molar-refractivity contribution >= 4 is 23.5 Å². The van der Waals surface area contributed by atoms with Crippen LogP contribution in [0.3, 0.4) is 0 Å². The number of hydrogen-bond acceptors (Lipinski definition) is 8. The lowest BCUT2D eigenvalue weighted by molar-refractivity contribution is 0.0944. The minimum Gasteiger partial charge on any atom is -0.383 e. The van der Waals surface area contributed by atoms with E-state index in [0.29, 0.717) is 16.7 Å². The molecule has 2 heterocycles. The molecule has 1 amide bonds. The van der Waals surface area contributed by atoms with Crippen LogP contribution in [-0.4, -0.2) is 21.0 Å². The van der Waals surface area contributed by atoms with Crippen molar-refractivity contribution in [3.05, 3.63) is 33.9 Å². The summed E-state index contributed by atoms with van der Waals surface area (Å²) in [5.74, 6) is 5.32. The van der Waals surface area contributed by atoms with Gasteiger partial charge in [0.2, 0.25) is 0 Å². The number of nitrogens with two attached hydrogens (primary N) is 2. The van der Waals surface area contributed by atoms with E-state index in [1.54, 1.807) is 0 Å². The Morgan fingerprint density at radius 2 is 2.32 bits per heavy atom. The highest BCUT2D eigenvalue weighted by molar-refractivity contribution is 7.98. The number of H-pyrrole nitrogens is 1. The van der Waals surface area contributed by atoms with Gasteiger partial charge in [0.1, 0.15) is 11.6 Å². The molecule has 0 radical (unpaired) electrons. The van der Waals surface area contributed by atoms with E-state index in [0.717, 1.165) is 0 Å². The van der Waals surface area contributed by atoms with Crippen LogP contribution in [0.15, 0.2) is 26.6 Å². The molecule has 0 spiro atoms. The molecule has 0 fully saturated rings. The Morgan fingerprint density at radius 1 is 1.53 bits per heavy atom. The molecule has 2 rings (SSSR count). The fraction of sp³-hybridized carbons (Fsp3) is 0.111. The maximum absolute atomic E-state index is 11.2. The fourth-order valence-electron chi connectivity index (χ4n) is 1.22. The number of hydrogen-bond donors (Lipinski definition) is 4. The summed E-state index contributed by atoms with van der Waals surface area (Å²) >= 11 is 1.19. The zero-order valence-electron chi connectivity index (χ0n) is 9.54. The number of nitrogens with one attached hydrogen (secondary N) is 2. The fourth-order valence-corrected chi connectivity index (χ4v) is 1.98. The third-order valence-corrected chi connectivity index (χ3v) is 2.91. The van der Waals surface area contributed by atoms with Crippen LogP contribution in [-0.2, 0) is 5.75 Å². The maximum Gasteiger partial charge on any atom is 0.287 e. The summed E-state index contributed by atoms with van der Waals surface area (Å²) in [6.07, 6.45) is 0. The van der Waals surface area contributed by atoms with Gasteiger partial charge >= 0.3 is 0 Å². The van der Waals surface area contributed by atoms with Gasteiger partial charge in [0, 0.05) is 12.1 Å². The van der Waals surface area contributed by atoms with Crippen LogP contribution < -0.4 is 22.6 Å². The molecule has 0 bridgehead atoms. The number of aromatic nitrogens is 3. The van der Waals surface area contributed by atoms with E-state index >= 15 is 0 Å². The van der Waals surface area contributed by atoms with Crippen LogP contribution in [0, 0.1) is 0 Å². The first-order valence-corrected chi connectivity index (χ1v) is 6.03. The smallest absolute Gasteiger partial charge is 0.287 e. The summed E-state index contributed by atoms with van der Waals surface area (Å²) in [5, 5.41) is 3.89. The maximum atomic E-state index is 11.2. The molecule has 0 aliphatic carbocycles. The molecule has 100 valence electrons. The molecular formula is C9H10N6O3S. The highest BCUT2D eigenvalue weighted by Gasteiger charge is 2.11. The topological polar surface area (TPSA) is 153 Å². The third-order valence-electron chi connectivity index (χ3n) is 2.01. The molecule has 0 aliphatic rings. The van der Waals surface area contributed by atoms with Crippen molar-refractivity contribution in [3.63, 3.8) is 0 Å². The lowest BCUT2D eigenvalue weighted by atomic mass is 10.4. The van der Waals surface area contributed by atoms with E-state index in [9.17, 15) is 9.59 Å². The van der Waals surface area contributed by atoms with Crippen molar-refractivity contribution in [1.82, 2.24) is 20.6 Å². The summed E-state index contributed by atoms with van der Waals surface area (Å²) in [6, 6.07) is 2.63. The number of nitrogen functional groups attached to an aromatic ring is 2. The first-order valence-electron chi connectivity index (χ1n) is 5.04. The standard InChI is InChI=1S/C9H10N6O3S/c10-6-2-7(16)13-9(12-6)19-3-4-1-5(15-18-4)8(17)14-11/h1-2H,3,11H2,(H,14,17)(H3,10,12,13,16). The Kier molecular flexibility index (Phi) is 3.82. The van der Waals surface area contributed by atoms with Crippen LogP contribution in [0.5, 0.6) is 0 Å². The number of amides is 1. The van der Waals surface area contributed by atoms with Crippen molar-refractivity contribution in [2.45, 2.75) is 10.9 Å². The van der Waals surface area contributed by atoms with E-state index < -0.39 is 5.91 Å². The molecule has 9 nitrogen and oxygen atoms in total. The number of hydrazine groups is 1. The van der Waals surface area contributed by atoms with E-state index in [2.05, 4.69) is 15.1 Å². The molecule has 10 heteroatoms. The monoisotopic (exact) mass is 282 g/mol. The molecule has 0 aliphatic heterocycles. The molecule has 0 saturated heterocycles. The van der Waals surface area contributed by atoms with Gasteiger partial charge in [-0.25, -0.2) is 10.8 Å². The predicted molar refractivity (Wildman–Crippen MR) is 67.0 cm³/mol. The summed E-state index contributed by atoms with van der Waals surface area (Å²) in [4.78, 5) is 28.8. The van der Waals surface area contributed by atoms with Gasteiger partial charge in [-0.2, -0.15) is 0 Å². The molecule has 2 aromatic rings. The SMILES string of the molecule is NNC(=O)c1cc(CSc2nc(N)cc(=O)[nH]2)on1. The molecule has 6 N–H and O–H groups in total. The molecular weight excluding hydrogens is 272 g/mol. The molecule has 0 saturated carbocycles. The quantitative estimate of drug-likeness (QED) is 0.187. The van der Waals surface area contributed by atoms with Gasteiger partial charge in [0.25, 0.3) is 11.5 Å². The van der Waals surface area contributed by atoms with Crippen LogP contribution in [0.4, 0.5) is 5.82 Å². The van der Waals surface area contributed by atoms with Gasteiger partial charge in [-0.05, 0) is 0 Å². The summed E-state index contributed by atoms with van der Waals surface area (Å²) < 4.78 is 4.93. The Balaban J connectivity index is 2.04. The van der Waals surface area contributed by atoms with Crippen LogP contribution >= 0.6 is 11.8 Å². The molecule has 19 heavy (non-hydrogen) atoms. The number of anilines is 1. The van der Waals surface area contributed by atoms with Gasteiger partial charge in [-0.15, -0.1) is 0 Å². The number of aromatic amines is 1. The van der Waals surface area contributed by atoms with Crippen molar-refractivity contribution in [3.8, 4) is 0 Å². The molecule has 0 aromatic carbocycles. The molecule has 0 atom stereocenters. The van der Waals surface area contributed by atoms with E-state index in [-0.39, 0.29) is 17.1 Å². The Bertz CT molecular complexity index is 651. The second kappa shape index (κ2) is 5.54. The average molecular weight is 282 g/mol. The van der Waals surface area contributed by atoms with Crippen molar-refractivity contribution in [1.29, 1.82) is 0 Å². The lowest BCUT2D eigenvalue weighted by Gasteiger charge is -1.98. The van der Waals surface area contributed by atoms with Gasteiger partial charge in [0.05, 0.1) is 5.75 Å². The number of thioether (sulfide) groups is 1. The number of carbonyl (C=O) groups is 1. The van der Waals surface area contributed by atoms with Gasteiger partial charge in [0.15, 0.2) is 10.9 Å². The minimum atomic E-state index is -0.546. The minimum absolute atomic E-state index is 0.0760. The molecule has 0 unspecified atom stereocenters. The Hall–Kier alpha value is -2.33. The summed E-state index contributed by atoms with van der Waals surface area (Å²) in [6.45, 7) is 0. The average Bonchev–Trinajstić information content (AvgIpc) is 2.83. The van der Waals surface area contributed by atoms with Crippen LogP contribution in [0.25, 0.3) is 0 Å². The van der Waals surface area contributed by atoms with Crippen molar-refractivity contribution in [2.75, 3.05) is 5.73 Å². The molecule has 2 aromatic heterocycles. The zero-order valence-corrected chi connectivity index (χ0v) is 10.4. The highest BCUT2D eigenvalue weighted by atomic mass is 32.2. The number of rotatable bonds is 4. The van der Waals surface area contributed by atoms with E-state index in [1.807, 2.05) is 5.43 Å². The predicted octanol–water partition coefficient (Wildman–Crippen LogP) is -0.764. The second-order valence-corrected chi connectivity index (χ2v) is 4.38. The van der Waals surface area contributed by atoms with E-state index in [4.69, 9.17) is 16.1 Å². The summed E-state index contributed by atoms with van der Waals surface area (Å²) in [7, 11) is 0. The Morgan fingerprint density at radius 3 is 3.00 bits per heavy atom. The highest BCUT2D eigenvalue weighted by Crippen LogP contribution is 2.19. The van der Waals surface area contributed by atoms with Crippen molar-refractivity contribution < 1.29 is 9.32 Å². The first kappa shape index (κ1) is 13.1. The van der Waals surface area contributed by atoms with E-state index in [1.165, 1.54) is 23.9 Å². The first-order chi connectivity index (χ1) is 9.08. The summed E-state index contributed by atoms with van der Waals surface area (Å²) in [5.41, 5.74) is 7.12. The zero-order chi connectivity index (χ0) is 13.8. The van der Waals surface area contributed by atoms with Crippen molar-refractivity contribution in [2.24, 2.45) is 5.84 Å². The number of nitrogens with zero attached hydrogens (tertiary/aromatic N) is 2. The van der Waals surface area contributed by atoms with Gasteiger partial charge in [-0.3, -0.25) is 15.0 Å². The number of carbonyl (C=O) groups excluding carboxylic acids is 1. The largest absolute Gasteiger partial charge is 0.383 e. The Labute approximate surface area is 110 Å². The van der Waals surface area contributed by atoms with Gasteiger partial charge < -0.3 is 15.2 Å². The lowest BCUT2D eigenvalue weighted by Crippen LogP contribution is -2.30. The third kappa shape index (κ3) is 3.33.